The minimum absolute atomic E-state index is 0.162. The summed E-state index contributed by atoms with van der Waals surface area (Å²) < 4.78 is 1.68. The van der Waals surface area contributed by atoms with Gasteiger partial charge in [0, 0.05) is 16.8 Å². The Bertz CT molecular complexity index is 893. The molecule has 3 aromatic rings. The zero-order chi connectivity index (χ0) is 16.9. The maximum absolute atomic E-state index is 12.4. The highest BCUT2D eigenvalue weighted by atomic mass is 35.5. The first kappa shape index (κ1) is 15.9. The lowest BCUT2D eigenvalue weighted by Gasteiger charge is -2.02. The molecular formula is C19H14ClN3O. The predicted molar refractivity (Wildman–Crippen MR) is 95.2 cm³/mol. The van der Waals surface area contributed by atoms with Crippen LogP contribution in [0.4, 0.5) is 0 Å². The fourth-order valence-corrected chi connectivity index (χ4v) is 2.43. The molecule has 3 rings (SSSR count). The highest BCUT2D eigenvalue weighted by Gasteiger charge is 2.18. The number of hydrogen-bond acceptors (Lipinski definition) is 2. The average Bonchev–Trinajstić information content (AvgIpc) is 3.06. The molecule has 0 saturated heterocycles. The smallest absolute Gasteiger partial charge is 0.255 e. The van der Waals surface area contributed by atoms with Gasteiger partial charge in [-0.3, -0.25) is 4.79 Å². The van der Waals surface area contributed by atoms with Crippen LogP contribution in [0.3, 0.4) is 0 Å². The van der Waals surface area contributed by atoms with Crippen LogP contribution in [0.2, 0.25) is 5.02 Å². The van der Waals surface area contributed by atoms with Gasteiger partial charge in [-0.2, -0.15) is 5.10 Å². The number of terminal acetylenes is 1. The molecule has 1 N–H and O–H groups in total. The standard InChI is InChI=1S/C19H14ClN3O/c1-2-12-21-19(24)17-13-23(16-6-4-3-5-7-16)22-18(17)14-8-10-15(20)11-9-14/h1,3-11,13H,12H2,(H,21,24). The fourth-order valence-electron chi connectivity index (χ4n) is 2.30. The number of nitrogens with one attached hydrogen (secondary N) is 1. The van der Waals surface area contributed by atoms with Gasteiger partial charge in [0.05, 0.1) is 17.8 Å². The van der Waals surface area contributed by atoms with Crippen molar-refractivity contribution in [1.82, 2.24) is 15.1 Å². The van der Waals surface area contributed by atoms with Crippen molar-refractivity contribution in [1.29, 1.82) is 0 Å². The summed E-state index contributed by atoms with van der Waals surface area (Å²) >= 11 is 5.94. The summed E-state index contributed by atoms with van der Waals surface area (Å²) in [5.74, 6) is 2.13. The van der Waals surface area contributed by atoms with Crippen molar-refractivity contribution < 1.29 is 4.79 Å². The third-order valence-electron chi connectivity index (χ3n) is 3.45. The van der Waals surface area contributed by atoms with Gasteiger partial charge in [0.1, 0.15) is 5.69 Å². The molecule has 118 valence electrons. The Balaban J connectivity index is 2.08. The summed E-state index contributed by atoms with van der Waals surface area (Å²) in [7, 11) is 0. The molecule has 0 atom stereocenters. The zero-order valence-electron chi connectivity index (χ0n) is 12.7. The predicted octanol–water partition coefficient (Wildman–Crippen LogP) is 3.56. The van der Waals surface area contributed by atoms with E-state index < -0.39 is 0 Å². The van der Waals surface area contributed by atoms with Gasteiger partial charge in [-0.25, -0.2) is 4.68 Å². The summed E-state index contributed by atoms with van der Waals surface area (Å²) in [6.07, 6.45) is 6.92. The highest BCUT2D eigenvalue weighted by molar-refractivity contribution is 6.30. The summed E-state index contributed by atoms with van der Waals surface area (Å²) in [6.45, 7) is 0.162. The molecule has 0 fully saturated rings. The lowest BCUT2D eigenvalue weighted by molar-refractivity contribution is 0.0959. The molecule has 1 heterocycles. The minimum atomic E-state index is -0.264. The number of hydrogen-bond donors (Lipinski definition) is 1. The van der Waals surface area contributed by atoms with Crippen LogP contribution in [0.25, 0.3) is 16.9 Å². The lowest BCUT2D eigenvalue weighted by atomic mass is 10.1. The number of benzene rings is 2. The number of carbonyl (C=O) groups excluding carboxylic acids is 1. The number of amides is 1. The van der Waals surface area contributed by atoms with Crippen molar-refractivity contribution in [3.05, 3.63) is 71.4 Å². The minimum Gasteiger partial charge on any atom is -0.341 e. The van der Waals surface area contributed by atoms with E-state index in [2.05, 4.69) is 16.3 Å². The SMILES string of the molecule is C#CCNC(=O)c1cn(-c2ccccc2)nc1-c1ccc(Cl)cc1. The molecule has 0 spiro atoms. The highest BCUT2D eigenvalue weighted by Crippen LogP contribution is 2.25. The Hall–Kier alpha value is -3.03. The molecule has 0 unspecified atom stereocenters. The van der Waals surface area contributed by atoms with Crippen LogP contribution in [-0.2, 0) is 0 Å². The molecule has 0 radical (unpaired) electrons. The van der Waals surface area contributed by atoms with E-state index in [9.17, 15) is 4.79 Å². The van der Waals surface area contributed by atoms with E-state index >= 15 is 0 Å². The maximum Gasteiger partial charge on any atom is 0.255 e. The van der Waals surface area contributed by atoms with Gasteiger partial charge in [-0.15, -0.1) is 6.42 Å². The molecule has 4 nitrogen and oxygen atoms in total. The van der Waals surface area contributed by atoms with Crippen LogP contribution in [-0.4, -0.2) is 22.2 Å². The van der Waals surface area contributed by atoms with Crippen molar-refractivity contribution in [3.8, 4) is 29.3 Å². The fraction of sp³-hybridized carbons (Fsp3) is 0.0526. The quantitative estimate of drug-likeness (QED) is 0.741. The second-order valence-electron chi connectivity index (χ2n) is 5.07. The molecule has 1 amide bonds. The van der Waals surface area contributed by atoms with Crippen molar-refractivity contribution in [2.75, 3.05) is 6.54 Å². The average molecular weight is 336 g/mol. The first-order chi connectivity index (χ1) is 11.7. The molecule has 2 aromatic carbocycles. The number of rotatable bonds is 4. The van der Waals surface area contributed by atoms with Gasteiger partial charge in [-0.1, -0.05) is 47.9 Å². The Kier molecular flexibility index (Phi) is 4.64. The molecule has 0 bridgehead atoms. The lowest BCUT2D eigenvalue weighted by Crippen LogP contribution is -2.23. The Labute approximate surface area is 145 Å². The van der Waals surface area contributed by atoms with E-state index in [0.717, 1.165) is 11.3 Å². The molecule has 0 aliphatic heterocycles. The monoisotopic (exact) mass is 335 g/mol. The summed E-state index contributed by atoms with van der Waals surface area (Å²) in [6, 6.07) is 16.8. The Morgan fingerprint density at radius 3 is 2.54 bits per heavy atom. The molecule has 24 heavy (non-hydrogen) atoms. The van der Waals surface area contributed by atoms with Crippen molar-refractivity contribution in [3.63, 3.8) is 0 Å². The molecule has 0 aliphatic carbocycles. The summed E-state index contributed by atoms with van der Waals surface area (Å²) in [5, 5.41) is 7.88. The van der Waals surface area contributed by atoms with E-state index in [4.69, 9.17) is 18.0 Å². The number of halogens is 1. The molecule has 0 saturated carbocycles. The second kappa shape index (κ2) is 7.03. The molecule has 5 heteroatoms. The van der Waals surface area contributed by atoms with E-state index in [0.29, 0.717) is 16.3 Å². The van der Waals surface area contributed by atoms with E-state index in [-0.39, 0.29) is 12.5 Å². The van der Waals surface area contributed by atoms with Crippen LogP contribution < -0.4 is 5.32 Å². The van der Waals surface area contributed by atoms with E-state index in [1.165, 1.54) is 0 Å². The van der Waals surface area contributed by atoms with Gasteiger partial charge < -0.3 is 5.32 Å². The first-order valence-electron chi connectivity index (χ1n) is 7.32. The number of carbonyl (C=O) groups is 1. The van der Waals surface area contributed by atoms with Gasteiger partial charge in [0.25, 0.3) is 5.91 Å². The molecule has 1 aromatic heterocycles. The summed E-state index contributed by atoms with van der Waals surface area (Å²) in [5.41, 5.74) is 2.70. The number of para-hydroxylation sites is 1. The third-order valence-corrected chi connectivity index (χ3v) is 3.70. The number of nitrogens with zero attached hydrogens (tertiary/aromatic N) is 2. The van der Waals surface area contributed by atoms with Crippen molar-refractivity contribution in [2.24, 2.45) is 0 Å². The zero-order valence-corrected chi connectivity index (χ0v) is 13.5. The third kappa shape index (κ3) is 3.32. The first-order valence-corrected chi connectivity index (χ1v) is 7.69. The second-order valence-corrected chi connectivity index (χ2v) is 5.50. The van der Waals surface area contributed by atoms with Crippen LogP contribution in [0, 0.1) is 12.3 Å². The van der Waals surface area contributed by atoms with Gasteiger partial charge >= 0.3 is 0 Å². The number of aromatic nitrogens is 2. The van der Waals surface area contributed by atoms with Crippen LogP contribution in [0.15, 0.2) is 60.8 Å². The van der Waals surface area contributed by atoms with E-state index in [1.54, 1.807) is 23.0 Å². The van der Waals surface area contributed by atoms with Crippen molar-refractivity contribution >= 4 is 17.5 Å². The summed E-state index contributed by atoms with van der Waals surface area (Å²) in [4.78, 5) is 12.4. The topological polar surface area (TPSA) is 46.9 Å². The maximum atomic E-state index is 12.4. The van der Waals surface area contributed by atoms with E-state index in [1.807, 2.05) is 42.5 Å². The van der Waals surface area contributed by atoms with Crippen LogP contribution >= 0.6 is 11.6 Å². The Morgan fingerprint density at radius 2 is 1.88 bits per heavy atom. The normalized spacial score (nSPS) is 10.2. The van der Waals surface area contributed by atoms with Gasteiger partial charge in [-0.05, 0) is 24.3 Å². The van der Waals surface area contributed by atoms with Crippen LogP contribution in [0.1, 0.15) is 10.4 Å². The van der Waals surface area contributed by atoms with Crippen LogP contribution in [0.5, 0.6) is 0 Å². The van der Waals surface area contributed by atoms with Gasteiger partial charge in [0.2, 0.25) is 0 Å². The molecular weight excluding hydrogens is 322 g/mol. The van der Waals surface area contributed by atoms with Gasteiger partial charge in [0.15, 0.2) is 0 Å². The largest absolute Gasteiger partial charge is 0.341 e. The Morgan fingerprint density at radius 1 is 1.17 bits per heavy atom. The molecule has 0 aliphatic rings. The van der Waals surface area contributed by atoms with Crippen molar-refractivity contribution in [2.45, 2.75) is 0 Å².